The van der Waals surface area contributed by atoms with Crippen LogP contribution in [0.5, 0.6) is 0 Å². The first-order valence-electron chi connectivity index (χ1n) is 5.59. The Morgan fingerprint density at radius 3 is 2.47 bits per heavy atom. The van der Waals surface area contributed by atoms with Crippen molar-refractivity contribution >= 4 is 11.9 Å². The van der Waals surface area contributed by atoms with E-state index in [1.54, 1.807) is 0 Å². The van der Waals surface area contributed by atoms with Crippen molar-refractivity contribution in [3.63, 3.8) is 0 Å². The monoisotopic (exact) mass is 243 g/mol. The van der Waals surface area contributed by atoms with Gasteiger partial charge >= 0.3 is 5.97 Å². The van der Waals surface area contributed by atoms with Gasteiger partial charge in [0.05, 0.1) is 7.11 Å². The van der Waals surface area contributed by atoms with Crippen LogP contribution < -0.4 is 5.32 Å². The Morgan fingerprint density at radius 1 is 1.47 bits per heavy atom. The number of methoxy groups -OCH3 is 1. The first kappa shape index (κ1) is 15.6. The number of carbonyl (C=O) groups excluding carboxylic acids is 2. The van der Waals surface area contributed by atoms with E-state index < -0.39 is 24.0 Å². The minimum atomic E-state index is -1.10. The SMILES string of the molecule is C=CC[C@H](NC(=O)[C@H](O)CC(C)C)C(=O)OC. The van der Waals surface area contributed by atoms with Crippen LogP contribution in [0.3, 0.4) is 0 Å². The first-order valence-corrected chi connectivity index (χ1v) is 5.59. The summed E-state index contributed by atoms with van der Waals surface area (Å²) in [6.07, 6.45) is 1.03. The van der Waals surface area contributed by atoms with E-state index in [0.717, 1.165) is 0 Å². The smallest absolute Gasteiger partial charge is 0.328 e. The van der Waals surface area contributed by atoms with Crippen molar-refractivity contribution in [2.75, 3.05) is 7.11 Å². The zero-order valence-corrected chi connectivity index (χ0v) is 10.6. The van der Waals surface area contributed by atoms with E-state index in [1.807, 2.05) is 13.8 Å². The molecule has 98 valence electrons. The molecule has 2 atom stereocenters. The van der Waals surface area contributed by atoms with Crippen LogP contribution in [0.1, 0.15) is 26.7 Å². The van der Waals surface area contributed by atoms with Gasteiger partial charge in [-0.25, -0.2) is 4.79 Å². The number of esters is 1. The molecule has 2 N–H and O–H groups in total. The highest BCUT2D eigenvalue weighted by Crippen LogP contribution is 2.05. The summed E-state index contributed by atoms with van der Waals surface area (Å²) in [6, 6.07) is -0.785. The molecule has 0 fully saturated rings. The van der Waals surface area contributed by atoms with Crippen molar-refractivity contribution in [2.45, 2.75) is 38.8 Å². The van der Waals surface area contributed by atoms with Gasteiger partial charge in [-0.2, -0.15) is 0 Å². The number of hydrogen-bond acceptors (Lipinski definition) is 4. The molecule has 17 heavy (non-hydrogen) atoms. The number of aliphatic hydroxyl groups is 1. The predicted octanol–water partition coefficient (Wildman–Crippen LogP) is 0.627. The van der Waals surface area contributed by atoms with E-state index in [2.05, 4.69) is 16.6 Å². The first-order chi connectivity index (χ1) is 7.92. The highest BCUT2D eigenvalue weighted by molar-refractivity contribution is 5.86. The van der Waals surface area contributed by atoms with E-state index in [4.69, 9.17) is 0 Å². The summed E-state index contributed by atoms with van der Waals surface area (Å²) in [6.45, 7) is 7.30. The van der Waals surface area contributed by atoms with Gasteiger partial charge in [0.1, 0.15) is 12.1 Å². The maximum atomic E-state index is 11.6. The molecule has 0 aromatic heterocycles. The number of amides is 1. The van der Waals surface area contributed by atoms with Crippen molar-refractivity contribution in [1.82, 2.24) is 5.32 Å². The number of nitrogens with one attached hydrogen (secondary N) is 1. The second kappa shape index (κ2) is 7.84. The largest absolute Gasteiger partial charge is 0.467 e. The van der Waals surface area contributed by atoms with Crippen LogP contribution >= 0.6 is 0 Å². The van der Waals surface area contributed by atoms with E-state index in [1.165, 1.54) is 13.2 Å². The molecule has 0 saturated carbocycles. The van der Waals surface area contributed by atoms with Gasteiger partial charge in [-0.3, -0.25) is 4.79 Å². The van der Waals surface area contributed by atoms with E-state index >= 15 is 0 Å². The predicted molar refractivity (Wildman–Crippen MR) is 64.2 cm³/mol. The van der Waals surface area contributed by atoms with Crippen LogP contribution in [0, 0.1) is 5.92 Å². The summed E-state index contributed by atoms with van der Waals surface area (Å²) in [4.78, 5) is 22.9. The van der Waals surface area contributed by atoms with Gasteiger partial charge < -0.3 is 15.2 Å². The third-order valence-corrected chi connectivity index (χ3v) is 2.20. The maximum Gasteiger partial charge on any atom is 0.328 e. The zero-order chi connectivity index (χ0) is 13.4. The van der Waals surface area contributed by atoms with Crippen LogP contribution in [0.4, 0.5) is 0 Å². The zero-order valence-electron chi connectivity index (χ0n) is 10.6. The van der Waals surface area contributed by atoms with Crippen LogP contribution in [-0.2, 0) is 14.3 Å². The number of carbonyl (C=O) groups is 2. The van der Waals surface area contributed by atoms with Crippen LogP contribution in [0.25, 0.3) is 0 Å². The normalized spacial score (nSPS) is 13.9. The second-order valence-corrected chi connectivity index (χ2v) is 4.25. The Kier molecular flexibility index (Phi) is 7.21. The average molecular weight is 243 g/mol. The Balaban J connectivity index is 4.39. The van der Waals surface area contributed by atoms with Crippen LogP contribution in [-0.4, -0.2) is 36.2 Å². The number of aliphatic hydroxyl groups excluding tert-OH is 1. The van der Waals surface area contributed by atoms with Gasteiger partial charge in [-0.1, -0.05) is 19.9 Å². The highest BCUT2D eigenvalue weighted by Gasteiger charge is 2.24. The molecule has 0 bridgehead atoms. The van der Waals surface area contributed by atoms with Gasteiger partial charge in [0.2, 0.25) is 5.91 Å². The minimum absolute atomic E-state index is 0.201. The molecular weight excluding hydrogens is 222 g/mol. The van der Waals surface area contributed by atoms with E-state index in [9.17, 15) is 14.7 Å². The minimum Gasteiger partial charge on any atom is -0.467 e. The molecule has 0 saturated heterocycles. The van der Waals surface area contributed by atoms with Crippen molar-refractivity contribution in [3.8, 4) is 0 Å². The third kappa shape index (κ3) is 6.06. The lowest BCUT2D eigenvalue weighted by molar-refractivity contribution is -0.146. The molecule has 0 aliphatic heterocycles. The molecule has 0 aromatic carbocycles. The maximum absolute atomic E-state index is 11.6. The van der Waals surface area contributed by atoms with E-state index in [-0.39, 0.29) is 12.3 Å². The van der Waals surface area contributed by atoms with Gasteiger partial charge in [0, 0.05) is 0 Å². The van der Waals surface area contributed by atoms with E-state index in [0.29, 0.717) is 6.42 Å². The Labute approximate surface area is 102 Å². The molecule has 0 aromatic rings. The highest BCUT2D eigenvalue weighted by atomic mass is 16.5. The molecule has 0 aliphatic carbocycles. The van der Waals surface area contributed by atoms with Crippen molar-refractivity contribution in [2.24, 2.45) is 5.92 Å². The molecule has 0 spiro atoms. The molecule has 0 aliphatic rings. The summed E-state index contributed by atoms with van der Waals surface area (Å²) in [7, 11) is 1.25. The Hall–Kier alpha value is -1.36. The Morgan fingerprint density at radius 2 is 2.06 bits per heavy atom. The van der Waals surface area contributed by atoms with Gasteiger partial charge in [0.25, 0.3) is 0 Å². The standard InChI is InChI=1S/C12H21NO4/c1-5-6-9(12(16)17-4)13-11(15)10(14)7-8(2)3/h5,8-10,14H,1,6-7H2,2-4H3,(H,13,15)/t9-,10+/m0/s1. The van der Waals surface area contributed by atoms with Crippen LogP contribution in [0.15, 0.2) is 12.7 Å². The molecule has 0 rings (SSSR count). The summed E-state index contributed by atoms with van der Waals surface area (Å²) in [5.41, 5.74) is 0. The van der Waals surface area contributed by atoms with Gasteiger partial charge in [0.15, 0.2) is 0 Å². The van der Waals surface area contributed by atoms with Gasteiger partial charge in [-0.15, -0.1) is 6.58 Å². The molecule has 5 nitrogen and oxygen atoms in total. The van der Waals surface area contributed by atoms with Crippen molar-refractivity contribution in [1.29, 1.82) is 0 Å². The topological polar surface area (TPSA) is 75.6 Å². The molecule has 5 heteroatoms. The van der Waals surface area contributed by atoms with Crippen LogP contribution in [0.2, 0.25) is 0 Å². The second-order valence-electron chi connectivity index (χ2n) is 4.25. The average Bonchev–Trinajstić information content (AvgIpc) is 2.26. The fourth-order valence-electron chi connectivity index (χ4n) is 1.34. The quantitative estimate of drug-likeness (QED) is 0.508. The fourth-order valence-corrected chi connectivity index (χ4v) is 1.34. The fraction of sp³-hybridized carbons (Fsp3) is 0.667. The third-order valence-electron chi connectivity index (χ3n) is 2.20. The van der Waals surface area contributed by atoms with Gasteiger partial charge in [-0.05, 0) is 18.8 Å². The summed E-state index contributed by atoms with van der Waals surface area (Å²) < 4.78 is 4.54. The molecule has 0 radical (unpaired) electrons. The number of rotatable bonds is 7. The molecular formula is C12H21NO4. The lowest BCUT2D eigenvalue weighted by Crippen LogP contribution is -2.46. The Bertz CT molecular complexity index is 276. The summed E-state index contributed by atoms with van der Waals surface area (Å²) >= 11 is 0. The van der Waals surface area contributed by atoms with Crippen molar-refractivity contribution in [3.05, 3.63) is 12.7 Å². The van der Waals surface area contributed by atoms with Crippen molar-refractivity contribution < 1.29 is 19.4 Å². The molecule has 1 amide bonds. The lowest BCUT2D eigenvalue weighted by atomic mass is 10.1. The lowest BCUT2D eigenvalue weighted by Gasteiger charge is -2.18. The molecule has 0 unspecified atom stereocenters. The number of hydrogen-bond donors (Lipinski definition) is 2. The summed E-state index contributed by atoms with van der Waals surface area (Å²) in [5.74, 6) is -0.905. The number of ether oxygens (including phenoxy) is 1. The summed E-state index contributed by atoms with van der Waals surface area (Å²) in [5, 5.41) is 12.0. The molecule has 0 heterocycles.